The molecule has 1 fully saturated rings. The van der Waals surface area contributed by atoms with Gasteiger partial charge in [0.25, 0.3) is 0 Å². The zero-order valence-electron chi connectivity index (χ0n) is 20.9. The first-order valence-corrected chi connectivity index (χ1v) is 15.2. The molecule has 7 nitrogen and oxygen atoms in total. The number of hydrogen-bond acceptors (Lipinski definition) is 4. The molecule has 11 heteroatoms. The zero-order valence-corrected chi connectivity index (χ0v) is 24.0. The fraction of sp³-hybridized carbons (Fsp3) is 0.462. The van der Waals surface area contributed by atoms with Crippen molar-refractivity contribution in [1.29, 1.82) is 0 Å². The van der Waals surface area contributed by atoms with Gasteiger partial charge in [0, 0.05) is 27.7 Å². The van der Waals surface area contributed by atoms with Crippen LogP contribution in [0.25, 0.3) is 0 Å². The summed E-state index contributed by atoms with van der Waals surface area (Å²) < 4.78 is 26.3. The van der Waals surface area contributed by atoms with E-state index in [1.807, 2.05) is 6.92 Å². The standard InChI is InChI=1S/C26H32Cl3N3O4S/c1-3-24(26(34)30-21-7-5-4-6-8-21)31(16-18-9-10-20(28)15-23(18)29)25(33)17-32(37(2,35)36)22-13-11-19(27)12-14-22/h9-15,21,24H,3-8,16-17H2,1-2H3,(H,30,34)/t24-/m0/s1. The molecule has 1 atom stereocenters. The highest BCUT2D eigenvalue weighted by atomic mass is 35.5. The van der Waals surface area contributed by atoms with Crippen LogP contribution in [-0.2, 0) is 26.2 Å². The topological polar surface area (TPSA) is 86.8 Å². The van der Waals surface area contributed by atoms with Crippen molar-refractivity contribution < 1.29 is 18.0 Å². The molecule has 0 aromatic heterocycles. The SMILES string of the molecule is CC[C@@H](C(=O)NC1CCCCC1)N(Cc1ccc(Cl)cc1Cl)C(=O)CN(c1ccc(Cl)cc1)S(C)(=O)=O. The molecule has 0 unspecified atom stereocenters. The smallest absolute Gasteiger partial charge is 0.244 e. The van der Waals surface area contributed by atoms with Gasteiger partial charge in [0.2, 0.25) is 21.8 Å². The summed E-state index contributed by atoms with van der Waals surface area (Å²) in [6.07, 6.45) is 6.42. The maximum absolute atomic E-state index is 13.8. The maximum atomic E-state index is 13.8. The van der Waals surface area contributed by atoms with E-state index in [0.717, 1.165) is 42.7 Å². The van der Waals surface area contributed by atoms with Gasteiger partial charge in [-0.2, -0.15) is 0 Å². The van der Waals surface area contributed by atoms with Gasteiger partial charge in [0.15, 0.2) is 0 Å². The van der Waals surface area contributed by atoms with Crippen LogP contribution in [0.5, 0.6) is 0 Å². The van der Waals surface area contributed by atoms with Gasteiger partial charge in [-0.25, -0.2) is 8.42 Å². The molecular formula is C26H32Cl3N3O4S. The van der Waals surface area contributed by atoms with E-state index in [9.17, 15) is 18.0 Å². The van der Waals surface area contributed by atoms with Crippen molar-refractivity contribution in [1.82, 2.24) is 10.2 Å². The number of anilines is 1. The van der Waals surface area contributed by atoms with E-state index in [0.29, 0.717) is 32.7 Å². The van der Waals surface area contributed by atoms with Crippen LogP contribution in [0.2, 0.25) is 15.1 Å². The summed E-state index contributed by atoms with van der Waals surface area (Å²) in [7, 11) is -3.82. The van der Waals surface area contributed by atoms with Crippen LogP contribution in [0.4, 0.5) is 5.69 Å². The number of carbonyl (C=O) groups is 2. The fourth-order valence-electron chi connectivity index (χ4n) is 4.52. The van der Waals surface area contributed by atoms with Gasteiger partial charge in [-0.3, -0.25) is 13.9 Å². The van der Waals surface area contributed by atoms with Crippen LogP contribution < -0.4 is 9.62 Å². The summed E-state index contributed by atoms with van der Waals surface area (Å²) in [4.78, 5) is 28.6. The first-order chi connectivity index (χ1) is 17.5. The molecule has 0 bridgehead atoms. The quantitative estimate of drug-likeness (QED) is 0.388. The molecule has 2 amide bonds. The molecule has 0 radical (unpaired) electrons. The Morgan fingerprint density at radius 1 is 1.00 bits per heavy atom. The Balaban J connectivity index is 1.93. The van der Waals surface area contributed by atoms with Crippen molar-refractivity contribution in [2.45, 2.75) is 64.1 Å². The Morgan fingerprint density at radius 3 is 2.19 bits per heavy atom. The second-order valence-electron chi connectivity index (χ2n) is 9.27. The van der Waals surface area contributed by atoms with Crippen molar-refractivity contribution >= 4 is 62.3 Å². The van der Waals surface area contributed by atoms with Crippen LogP contribution in [0, 0.1) is 0 Å². The van der Waals surface area contributed by atoms with E-state index >= 15 is 0 Å². The number of carbonyl (C=O) groups excluding carboxylic acids is 2. The number of halogens is 3. The largest absolute Gasteiger partial charge is 0.352 e. The Morgan fingerprint density at radius 2 is 1.62 bits per heavy atom. The van der Waals surface area contributed by atoms with E-state index in [1.165, 1.54) is 17.0 Å². The molecule has 0 aliphatic heterocycles. The van der Waals surface area contributed by atoms with Crippen LogP contribution >= 0.6 is 34.8 Å². The van der Waals surface area contributed by atoms with Gasteiger partial charge in [-0.1, -0.05) is 67.1 Å². The molecule has 1 N–H and O–H groups in total. The lowest BCUT2D eigenvalue weighted by molar-refractivity contribution is -0.140. The Labute approximate surface area is 234 Å². The summed E-state index contributed by atoms with van der Waals surface area (Å²) in [6.45, 7) is 1.35. The monoisotopic (exact) mass is 587 g/mol. The number of nitrogens with one attached hydrogen (secondary N) is 1. The minimum absolute atomic E-state index is 0.0175. The summed E-state index contributed by atoms with van der Waals surface area (Å²) in [6, 6.07) is 10.3. The molecule has 0 heterocycles. The molecule has 0 spiro atoms. The summed E-state index contributed by atoms with van der Waals surface area (Å²) in [5.74, 6) is -0.790. The Hall–Kier alpha value is -2.00. The summed E-state index contributed by atoms with van der Waals surface area (Å²) >= 11 is 18.4. The van der Waals surface area contributed by atoms with Gasteiger partial charge in [-0.05, 0) is 61.2 Å². The summed E-state index contributed by atoms with van der Waals surface area (Å²) in [5, 5.41) is 4.34. The number of hydrogen-bond donors (Lipinski definition) is 1. The molecular weight excluding hydrogens is 557 g/mol. The first-order valence-electron chi connectivity index (χ1n) is 12.3. The third-order valence-corrected chi connectivity index (χ3v) is 8.47. The van der Waals surface area contributed by atoms with Gasteiger partial charge in [0.1, 0.15) is 12.6 Å². The molecule has 1 aliphatic rings. The average Bonchev–Trinajstić information content (AvgIpc) is 2.84. The molecule has 202 valence electrons. The van der Waals surface area contributed by atoms with Crippen molar-refractivity contribution in [2.75, 3.05) is 17.1 Å². The van der Waals surface area contributed by atoms with Crippen LogP contribution in [0.3, 0.4) is 0 Å². The minimum atomic E-state index is -3.82. The third kappa shape index (κ3) is 8.24. The lowest BCUT2D eigenvalue weighted by Gasteiger charge is -2.34. The molecule has 0 saturated heterocycles. The third-order valence-electron chi connectivity index (χ3n) is 6.49. The highest BCUT2D eigenvalue weighted by molar-refractivity contribution is 7.92. The summed E-state index contributed by atoms with van der Waals surface area (Å²) in [5.41, 5.74) is 0.894. The second kappa shape index (κ2) is 13.2. The van der Waals surface area contributed by atoms with E-state index < -0.39 is 28.5 Å². The normalized spacial score (nSPS) is 15.2. The van der Waals surface area contributed by atoms with Crippen molar-refractivity contribution in [3.05, 3.63) is 63.1 Å². The minimum Gasteiger partial charge on any atom is -0.352 e. The fourth-order valence-corrected chi connectivity index (χ4v) is 5.96. The van der Waals surface area contributed by atoms with Crippen LogP contribution in [0.15, 0.2) is 42.5 Å². The Kier molecular flexibility index (Phi) is 10.5. The number of rotatable bonds is 10. The molecule has 1 saturated carbocycles. The van der Waals surface area contributed by atoms with Gasteiger partial charge in [-0.15, -0.1) is 0 Å². The van der Waals surface area contributed by atoms with Crippen molar-refractivity contribution in [3.8, 4) is 0 Å². The highest BCUT2D eigenvalue weighted by Crippen LogP contribution is 2.26. The van der Waals surface area contributed by atoms with Crippen molar-refractivity contribution in [3.63, 3.8) is 0 Å². The lowest BCUT2D eigenvalue weighted by Crippen LogP contribution is -2.54. The predicted octanol–water partition coefficient (Wildman–Crippen LogP) is 5.67. The van der Waals surface area contributed by atoms with Gasteiger partial charge < -0.3 is 10.2 Å². The van der Waals surface area contributed by atoms with Crippen LogP contribution in [-0.4, -0.2) is 50.0 Å². The van der Waals surface area contributed by atoms with Crippen LogP contribution in [0.1, 0.15) is 51.0 Å². The zero-order chi connectivity index (χ0) is 27.2. The van der Waals surface area contributed by atoms with Crippen molar-refractivity contribution in [2.24, 2.45) is 0 Å². The molecule has 37 heavy (non-hydrogen) atoms. The Bertz CT molecular complexity index is 1200. The van der Waals surface area contributed by atoms with E-state index in [1.54, 1.807) is 30.3 Å². The molecule has 2 aromatic rings. The lowest BCUT2D eigenvalue weighted by atomic mass is 9.95. The second-order valence-corrected chi connectivity index (χ2v) is 12.5. The number of amides is 2. The van der Waals surface area contributed by atoms with E-state index in [2.05, 4.69) is 5.32 Å². The highest BCUT2D eigenvalue weighted by Gasteiger charge is 2.33. The van der Waals surface area contributed by atoms with Gasteiger partial charge in [0.05, 0.1) is 11.9 Å². The molecule has 2 aromatic carbocycles. The number of benzene rings is 2. The number of sulfonamides is 1. The average molecular weight is 589 g/mol. The molecule has 3 rings (SSSR count). The van der Waals surface area contributed by atoms with E-state index in [4.69, 9.17) is 34.8 Å². The number of nitrogens with zero attached hydrogens (tertiary/aromatic N) is 2. The van der Waals surface area contributed by atoms with E-state index in [-0.39, 0.29) is 18.5 Å². The maximum Gasteiger partial charge on any atom is 0.244 e. The molecule has 1 aliphatic carbocycles. The first kappa shape index (κ1) is 29.6. The van der Waals surface area contributed by atoms with Gasteiger partial charge >= 0.3 is 0 Å². The predicted molar refractivity (Wildman–Crippen MR) is 150 cm³/mol.